The monoisotopic (exact) mass is 715 g/mol. The van der Waals surface area contributed by atoms with Crippen molar-refractivity contribution in [2.24, 2.45) is 0 Å². The van der Waals surface area contributed by atoms with Crippen LogP contribution in [-0.2, 0) is 14.0 Å². The van der Waals surface area contributed by atoms with E-state index in [1.54, 1.807) is 91.0 Å². The van der Waals surface area contributed by atoms with Gasteiger partial charge in [0, 0.05) is 5.56 Å². The molecule has 3 heterocycles. The largest absolute Gasteiger partial charge is 0.456 e. The van der Waals surface area contributed by atoms with Crippen molar-refractivity contribution in [3.8, 4) is 11.5 Å². The molecule has 0 spiro atoms. The van der Waals surface area contributed by atoms with Crippen molar-refractivity contribution in [1.29, 1.82) is 0 Å². The minimum Gasteiger partial charge on any atom is -0.415 e. The normalized spacial score (nSPS) is 20.1. The number of amides is 1. The third-order valence-corrected chi connectivity index (χ3v) is 9.10. The Hall–Kier alpha value is -3.91. The summed E-state index contributed by atoms with van der Waals surface area (Å²) in [4.78, 5) is 25.4. The number of ether oxygens (including phenoxy) is 2. The molecule has 6 rings (SSSR count). The molecule has 0 radical (unpaired) electrons. The maximum absolute atomic E-state index is 15.7. The second-order valence-corrected chi connectivity index (χ2v) is 12.6. The highest BCUT2D eigenvalue weighted by Gasteiger charge is 2.47. The van der Waals surface area contributed by atoms with Gasteiger partial charge in [-0.2, -0.15) is 0 Å². The van der Waals surface area contributed by atoms with Crippen molar-refractivity contribution in [3.05, 3.63) is 109 Å². The minimum atomic E-state index is -3.93. The highest BCUT2D eigenvalue weighted by atomic mass is 127. The van der Waals surface area contributed by atoms with E-state index in [1.165, 1.54) is 17.2 Å². The van der Waals surface area contributed by atoms with Crippen molar-refractivity contribution in [2.45, 2.75) is 22.6 Å². The number of fused-ring (bicyclic) bond motifs is 1. The number of nitrogens with one attached hydrogen (secondary N) is 1. The summed E-state index contributed by atoms with van der Waals surface area (Å²) in [6.07, 6.45) is -1.73. The van der Waals surface area contributed by atoms with E-state index in [0.717, 1.165) is 0 Å². The summed E-state index contributed by atoms with van der Waals surface area (Å²) in [5.74, 6) is 0.438. The molecule has 2 aromatic heterocycles. The number of alkyl halides is 2. The van der Waals surface area contributed by atoms with Crippen LogP contribution in [0.4, 0.5) is 10.2 Å². The second kappa shape index (κ2) is 12.8. The van der Waals surface area contributed by atoms with Gasteiger partial charge in [0.05, 0.1) is 10.3 Å². The number of halogens is 2. The molecule has 1 N–H and O–H groups in total. The number of aromatic nitrogens is 4. The smallest absolute Gasteiger partial charge is 0.415 e. The molecule has 43 heavy (non-hydrogen) atoms. The standard InChI is InChI=1S/C29H24FIN5O6P/c30-22-23(31)29(39-18-43(38,41-20-12-6-2-7-13-20)42-21-14-8-3-9-15-21)40-28(22)36-17-34-24-25(32-16-33-26(24)36)35-27(37)19-10-4-1-5-11-19/h1-17,22-23,28-29H,18H2,(H,32,33,35,37)/t22-,23-,28+,29-/m0/s1. The molecule has 1 saturated heterocycles. The lowest BCUT2D eigenvalue weighted by molar-refractivity contribution is -0.140. The number of rotatable bonds is 10. The highest BCUT2D eigenvalue weighted by Crippen LogP contribution is 2.50. The molecule has 1 amide bonds. The maximum Gasteiger partial charge on any atom is 0.456 e. The number of imidazole rings is 1. The Morgan fingerprint density at radius 2 is 1.53 bits per heavy atom. The Kier molecular flexibility index (Phi) is 8.66. The number of benzene rings is 3. The predicted octanol–water partition coefficient (Wildman–Crippen LogP) is 6.40. The van der Waals surface area contributed by atoms with Gasteiger partial charge in [0.25, 0.3) is 5.91 Å². The number of anilines is 1. The topological polar surface area (TPSA) is 127 Å². The van der Waals surface area contributed by atoms with Gasteiger partial charge in [0.2, 0.25) is 0 Å². The summed E-state index contributed by atoms with van der Waals surface area (Å²) >= 11 is 1.89. The Morgan fingerprint density at radius 3 is 2.16 bits per heavy atom. The molecule has 3 aromatic carbocycles. The minimum absolute atomic E-state index is 0.168. The SMILES string of the molecule is O=C(Nc1ncnc2c1ncn2[C@@H]1O[C@H](OCP(=O)(Oc2ccccc2)Oc2ccccc2)[C@@H](I)[C@@H]1F)c1ccccc1. The third kappa shape index (κ3) is 6.54. The van der Waals surface area contributed by atoms with Crippen LogP contribution in [-0.4, -0.2) is 48.2 Å². The third-order valence-electron chi connectivity index (χ3n) is 6.38. The molecular formula is C29H24FIN5O6P. The molecular weight excluding hydrogens is 691 g/mol. The quantitative estimate of drug-likeness (QED) is 0.0994. The van der Waals surface area contributed by atoms with Crippen LogP contribution in [0, 0.1) is 0 Å². The van der Waals surface area contributed by atoms with Crippen LogP contribution in [0.2, 0.25) is 0 Å². The van der Waals surface area contributed by atoms with E-state index in [1.807, 2.05) is 22.6 Å². The summed E-state index contributed by atoms with van der Waals surface area (Å²) < 4.78 is 53.4. The summed E-state index contributed by atoms with van der Waals surface area (Å²) in [5, 5.41) is 2.73. The van der Waals surface area contributed by atoms with E-state index in [2.05, 4.69) is 20.3 Å². The van der Waals surface area contributed by atoms with Crippen molar-refractivity contribution in [2.75, 3.05) is 11.7 Å². The molecule has 1 aliphatic heterocycles. The van der Waals surface area contributed by atoms with Crippen molar-refractivity contribution in [1.82, 2.24) is 19.5 Å². The fourth-order valence-electron chi connectivity index (χ4n) is 4.36. The molecule has 1 fully saturated rings. The lowest BCUT2D eigenvalue weighted by atomic mass is 10.2. The first-order valence-electron chi connectivity index (χ1n) is 13.1. The second-order valence-electron chi connectivity index (χ2n) is 9.37. The number of para-hydroxylation sites is 2. The van der Waals surface area contributed by atoms with Crippen LogP contribution in [0.25, 0.3) is 11.2 Å². The molecule has 0 aliphatic carbocycles. The lowest BCUT2D eigenvalue weighted by Crippen LogP contribution is -2.25. The number of carbonyl (C=O) groups excluding carboxylic acids is 1. The van der Waals surface area contributed by atoms with Crippen molar-refractivity contribution >= 4 is 53.1 Å². The summed E-state index contributed by atoms with van der Waals surface area (Å²) in [5.41, 5.74) is 0.948. The van der Waals surface area contributed by atoms with E-state index in [4.69, 9.17) is 18.5 Å². The Labute approximate surface area is 259 Å². The van der Waals surface area contributed by atoms with Gasteiger partial charge in [0.1, 0.15) is 17.8 Å². The molecule has 220 valence electrons. The van der Waals surface area contributed by atoms with E-state index in [0.29, 0.717) is 17.1 Å². The molecule has 0 saturated carbocycles. The zero-order valence-electron chi connectivity index (χ0n) is 22.3. The first-order valence-corrected chi connectivity index (χ1v) is 16.0. The molecule has 5 aromatic rings. The van der Waals surface area contributed by atoms with E-state index in [9.17, 15) is 9.36 Å². The Bertz CT molecular complexity index is 1700. The summed E-state index contributed by atoms with van der Waals surface area (Å²) in [7, 11) is -3.93. The van der Waals surface area contributed by atoms with Crippen LogP contribution in [0.3, 0.4) is 0 Å². The molecule has 4 atom stereocenters. The highest BCUT2D eigenvalue weighted by molar-refractivity contribution is 14.1. The van der Waals surface area contributed by atoms with Gasteiger partial charge in [-0.05, 0) is 36.4 Å². The molecule has 1 aliphatic rings. The zero-order valence-corrected chi connectivity index (χ0v) is 25.3. The fraction of sp³-hybridized carbons (Fsp3) is 0.172. The maximum atomic E-state index is 15.7. The van der Waals surface area contributed by atoms with Crippen LogP contribution >= 0.6 is 30.2 Å². The Morgan fingerprint density at radius 1 is 0.930 bits per heavy atom. The fourth-order valence-corrected chi connectivity index (χ4v) is 6.45. The van der Waals surface area contributed by atoms with Crippen molar-refractivity contribution < 1.29 is 32.3 Å². The average Bonchev–Trinajstić information content (AvgIpc) is 3.58. The van der Waals surface area contributed by atoms with Gasteiger partial charge in [0.15, 0.2) is 42.0 Å². The van der Waals surface area contributed by atoms with Gasteiger partial charge in [-0.25, -0.2) is 23.9 Å². The van der Waals surface area contributed by atoms with Crippen LogP contribution < -0.4 is 14.4 Å². The molecule has 14 heteroatoms. The first kappa shape index (κ1) is 29.2. The Balaban J connectivity index is 1.19. The lowest BCUT2D eigenvalue weighted by Gasteiger charge is -2.22. The first-order chi connectivity index (χ1) is 20.9. The molecule has 11 nitrogen and oxygen atoms in total. The number of hydrogen-bond acceptors (Lipinski definition) is 9. The predicted molar refractivity (Wildman–Crippen MR) is 164 cm³/mol. The summed E-state index contributed by atoms with van der Waals surface area (Å²) in [6, 6.07) is 25.7. The molecule has 0 bridgehead atoms. The van der Waals surface area contributed by atoms with Crippen LogP contribution in [0.1, 0.15) is 16.6 Å². The molecule has 0 unspecified atom stereocenters. The van der Waals surface area contributed by atoms with Gasteiger partial charge in [-0.3, -0.25) is 9.36 Å². The van der Waals surface area contributed by atoms with Gasteiger partial charge < -0.3 is 23.8 Å². The van der Waals surface area contributed by atoms with Gasteiger partial charge >= 0.3 is 7.60 Å². The van der Waals surface area contributed by atoms with E-state index in [-0.39, 0.29) is 22.9 Å². The van der Waals surface area contributed by atoms with Crippen LogP contribution in [0.5, 0.6) is 11.5 Å². The van der Waals surface area contributed by atoms with Crippen LogP contribution in [0.15, 0.2) is 104 Å². The zero-order chi connectivity index (χ0) is 29.8. The number of carbonyl (C=O) groups is 1. The number of hydrogen-bond donors (Lipinski definition) is 1. The average molecular weight is 715 g/mol. The van der Waals surface area contributed by atoms with Gasteiger partial charge in [-0.1, -0.05) is 77.2 Å². The number of nitrogens with zero attached hydrogens (tertiary/aromatic N) is 4. The van der Waals surface area contributed by atoms with Gasteiger partial charge in [-0.15, -0.1) is 0 Å². The van der Waals surface area contributed by atoms with E-state index < -0.39 is 36.6 Å². The van der Waals surface area contributed by atoms with Crippen molar-refractivity contribution in [3.63, 3.8) is 0 Å². The summed E-state index contributed by atoms with van der Waals surface area (Å²) in [6.45, 7) is 0. The van der Waals surface area contributed by atoms with E-state index >= 15 is 4.39 Å².